The van der Waals surface area contributed by atoms with E-state index in [0.29, 0.717) is 12.6 Å². The molecular formula is C15H22N2O. The largest absolute Gasteiger partial charge is 0.313 e. The Morgan fingerprint density at radius 3 is 2.89 bits per heavy atom. The van der Waals surface area contributed by atoms with E-state index < -0.39 is 0 Å². The second-order valence-corrected chi connectivity index (χ2v) is 4.92. The molecule has 1 unspecified atom stereocenters. The van der Waals surface area contributed by atoms with Gasteiger partial charge in [-0.15, -0.1) is 0 Å². The molecule has 0 spiro atoms. The summed E-state index contributed by atoms with van der Waals surface area (Å²) in [5, 5.41) is 3.47. The smallest absolute Gasteiger partial charge is 0.176 e. The van der Waals surface area contributed by atoms with E-state index in [2.05, 4.69) is 17.1 Å². The highest BCUT2D eigenvalue weighted by atomic mass is 16.1. The van der Waals surface area contributed by atoms with Crippen molar-refractivity contribution < 1.29 is 4.79 Å². The Bertz CT molecular complexity index is 375. The van der Waals surface area contributed by atoms with Gasteiger partial charge in [0.1, 0.15) is 0 Å². The van der Waals surface area contributed by atoms with Crippen molar-refractivity contribution in [1.29, 1.82) is 0 Å². The second kappa shape index (κ2) is 6.66. The van der Waals surface area contributed by atoms with Crippen molar-refractivity contribution in [1.82, 2.24) is 10.2 Å². The van der Waals surface area contributed by atoms with Gasteiger partial charge in [0.05, 0.1) is 6.54 Å². The third-order valence-corrected chi connectivity index (χ3v) is 3.46. The molecule has 3 heteroatoms. The minimum atomic E-state index is 0.229. The zero-order chi connectivity index (χ0) is 12.8. The topological polar surface area (TPSA) is 32.3 Å². The lowest BCUT2D eigenvalue weighted by Gasteiger charge is -2.32. The van der Waals surface area contributed by atoms with Crippen LogP contribution in [0.3, 0.4) is 0 Å². The Morgan fingerprint density at radius 2 is 2.17 bits per heavy atom. The average molecular weight is 246 g/mol. The molecule has 18 heavy (non-hydrogen) atoms. The Kier molecular flexibility index (Phi) is 4.90. The van der Waals surface area contributed by atoms with E-state index in [1.165, 1.54) is 12.8 Å². The fraction of sp³-hybridized carbons (Fsp3) is 0.533. The molecule has 0 aliphatic carbocycles. The molecule has 1 saturated heterocycles. The molecule has 98 valence electrons. The van der Waals surface area contributed by atoms with Crippen molar-refractivity contribution >= 4 is 5.78 Å². The number of carbonyl (C=O) groups is 1. The van der Waals surface area contributed by atoms with Crippen LogP contribution in [0.15, 0.2) is 30.3 Å². The molecule has 1 atom stereocenters. The monoisotopic (exact) mass is 246 g/mol. The Labute approximate surface area is 109 Å². The van der Waals surface area contributed by atoms with Gasteiger partial charge >= 0.3 is 0 Å². The minimum Gasteiger partial charge on any atom is -0.313 e. The number of likely N-dealkylation sites (N-methyl/N-ethyl adjacent to an activating group) is 1. The fourth-order valence-corrected chi connectivity index (χ4v) is 2.57. The summed E-state index contributed by atoms with van der Waals surface area (Å²) in [6.07, 6.45) is 2.41. The zero-order valence-electron chi connectivity index (χ0n) is 11.1. The van der Waals surface area contributed by atoms with Gasteiger partial charge in [-0.2, -0.15) is 0 Å². The van der Waals surface area contributed by atoms with Gasteiger partial charge in [-0.3, -0.25) is 9.69 Å². The van der Waals surface area contributed by atoms with Gasteiger partial charge in [0, 0.05) is 18.2 Å². The molecule has 1 aliphatic heterocycles. The van der Waals surface area contributed by atoms with Crippen LogP contribution < -0.4 is 5.32 Å². The third-order valence-electron chi connectivity index (χ3n) is 3.46. The quantitative estimate of drug-likeness (QED) is 0.806. The Morgan fingerprint density at radius 1 is 1.39 bits per heavy atom. The van der Waals surface area contributed by atoms with Gasteiger partial charge in [-0.25, -0.2) is 0 Å². The molecule has 2 rings (SSSR count). The molecule has 1 heterocycles. The van der Waals surface area contributed by atoms with E-state index in [9.17, 15) is 4.79 Å². The molecule has 1 aliphatic rings. The molecule has 0 radical (unpaired) electrons. The lowest BCUT2D eigenvalue weighted by Crippen LogP contribution is -2.47. The van der Waals surface area contributed by atoms with Crippen molar-refractivity contribution in [3.05, 3.63) is 35.9 Å². The normalized spacial score (nSPS) is 20.8. The molecule has 0 bridgehead atoms. The number of piperidine rings is 1. The number of rotatable bonds is 5. The van der Waals surface area contributed by atoms with Crippen molar-refractivity contribution in [3.63, 3.8) is 0 Å². The van der Waals surface area contributed by atoms with Crippen LogP contribution in [0.4, 0.5) is 0 Å². The van der Waals surface area contributed by atoms with Gasteiger partial charge in [-0.1, -0.05) is 37.3 Å². The van der Waals surface area contributed by atoms with E-state index in [1.54, 1.807) is 0 Å². The van der Waals surface area contributed by atoms with Crippen molar-refractivity contribution in [2.75, 3.05) is 26.2 Å². The lowest BCUT2D eigenvalue weighted by atomic mass is 10.0. The first kappa shape index (κ1) is 13.2. The zero-order valence-corrected chi connectivity index (χ0v) is 11.1. The van der Waals surface area contributed by atoms with Crippen LogP contribution >= 0.6 is 0 Å². The summed E-state index contributed by atoms with van der Waals surface area (Å²) < 4.78 is 0. The summed E-state index contributed by atoms with van der Waals surface area (Å²) in [6, 6.07) is 10.1. The summed E-state index contributed by atoms with van der Waals surface area (Å²) in [5.74, 6) is 0.229. The lowest BCUT2D eigenvalue weighted by molar-refractivity contribution is 0.0900. The first-order valence-electron chi connectivity index (χ1n) is 6.83. The third kappa shape index (κ3) is 3.65. The number of hydrogen-bond acceptors (Lipinski definition) is 3. The molecular weight excluding hydrogens is 224 g/mol. The number of benzene rings is 1. The predicted octanol–water partition coefficient (Wildman–Crippen LogP) is 1.94. The number of nitrogens with one attached hydrogen (secondary N) is 1. The first-order valence-corrected chi connectivity index (χ1v) is 6.83. The average Bonchev–Trinajstić information content (AvgIpc) is 2.40. The van der Waals surface area contributed by atoms with Crippen LogP contribution in [0.25, 0.3) is 0 Å². The van der Waals surface area contributed by atoms with E-state index >= 15 is 0 Å². The predicted molar refractivity (Wildman–Crippen MR) is 73.9 cm³/mol. The van der Waals surface area contributed by atoms with E-state index in [4.69, 9.17) is 0 Å². The SMILES string of the molecule is CCNC1CCCN(CC(=O)c2ccccc2)C1. The number of nitrogens with zero attached hydrogens (tertiary/aromatic N) is 1. The van der Waals surface area contributed by atoms with E-state index in [-0.39, 0.29) is 5.78 Å². The van der Waals surface area contributed by atoms with Gasteiger partial charge in [-0.05, 0) is 25.9 Å². The molecule has 0 aromatic heterocycles. The van der Waals surface area contributed by atoms with Crippen LogP contribution in [0.5, 0.6) is 0 Å². The number of hydrogen-bond donors (Lipinski definition) is 1. The molecule has 0 saturated carbocycles. The maximum absolute atomic E-state index is 12.1. The van der Waals surface area contributed by atoms with Gasteiger partial charge in [0.25, 0.3) is 0 Å². The van der Waals surface area contributed by atoms with Crippen LogP contribution in [0.2, 0.25) is 0 Å². The van der Waals surface area contributed by atoms with Crippen LogP contribution in [0, 0.1) is 0 Å². The molecule has 1 aromatic carbocycles. The minimum absolute atomic E-state index is 0.229. The maximum Gasteiger partial charge on any atom is 0.176 e. The highest BCUT2D eigenvalue weighted by Gasteiger charge is 2.21. The van der Waals surface area contributed by atoms with Crippen molar-refractivity contribution in [2.24, 2.45) is 0 Å². The molecule has 1 fully saturated rings. The molecule has 1 aromatic rings. The number of carbonyl (C=O) groups excluding carboxylic acids is 1. The number of Topliss-reactive ketones (excluding diaryl/α,β-unsaturated/α-hetero) is 1. The number of likely N-dealkylation sites (tertiary alicyclic amines) is 1. The van der Waals surface area contributed by atoms with Crippen molar-refractivity contribution in [2.45, 2.75) is 25.8 Å². The summed E-state index contributed by atoms with van der Waals surface area (Å²) in [5.41, 5.74) is 0.822. The molecule has 0 amide bonds. The van der Waals surface area contributed by atoms with E-state index in [0.717, 1.165) is 25.2 Å². The fourth-order valence-electron chi connectivity index (χ4n) is 2.57. The molecule has 3 nitrogen and oxygen atoms in total. The first-order chi connectivity index (χ1) is 8.79. The highest BCUT2D eigenvalue weighted by molar-refractivity contribution is 5.97. The van der Waals surface area contributed by atoms with Gasteiger partial charge in [0.15, 0.2) is 5.78 Å². The molecule has 1 N–H and O–H groups in total. The van der Waals surface area contributed by atoms with Gasteiger partial charge < -0.3 is 5.32 Å². The van der Waals surface area contributed by atoms with Gasteiger partial charge in [0.2, 0.25) is 0 Å². The van der Waals surface area contributed by atoms with E-state index in [1.807, 2.05) is 30.3 Å². The van der Waals surface area contributed by atoms with Crippen molar-refractivity contribution in [3.8, 4) is 0 Å². The number of ketones is 1. The Hall–Kier alpha value is -1.19. The summed E-state index contributed by atoms with van der Waals surface area (Å²) in [4.78, 5) is 14.4. The maximum atomic E-state index is 12.1. The summed E-state index contributed by atoms with van der Waals surface area (Å²) in [6.45, 7) is 5.72. The Balaban J connectivity index is 1.87. The van der Waals surface area contributed by atoms with Crippen LogP contribution in [0.1, 0.15) is 30.1 Å². The standard InChI is InChI=1S/C15H22N2O/c1-2-16-14-9-6-10-17(11-14)12-15(18)13-7-4-3-5-8-13/h3-5,7-8,14,16H,2,6,9-12H2,1H3. The second-order valence-electron chi connectivity index (χ2n) is 4.92. The summed E-state index contributed by atoms with van der Waals surface area (Å²) in [7, 11) is 0. The van der Waals surface area contributed by atoms with Crippen LogP contribution in [-0.4, -0.2) is 42.9 Å². The highest BCUT2D eigenvalue weighted by Crippen LogP contribution is 2.11. The summed E-state index contributed by atoms with van der Waals surface area (Å²) >= 11 is 0. The van der Waals surface area contributed by atoms with Crippen LogP contribution in [-0.2, 0) is 0 Å².